The van der Waals surface area contributed by atoms with Gasteiger partial charge in [0, 0.05) is 30.1 Å². The van der Waals surface area contributed by atoms with Crippen LogP contribution in [0, 0.1) is 0 Å². The van der Waals surface area contributed by atoms with E-state index >= 15 is 0 Å². The number of rotatable bonds is 3. The highest BCUT2D eigenvalue weighted by atomic mass is 79.9. The first-order chi connectivity index (χ1) is 7.66. The molecule has 84 valence electrons. The molecule has 0 fully saturated rings. The van der Waals surface area contributed by atoms with Crippen molar-refractivity contribution in [1.29, 1.82) is 0 Å². The van der Waals surface area contributed by atoms with Gasteiger partial charge in [0.25, 0.3) is 0 Å². The molecule has 0 atom stereocenters. The lowest BCUT2D eigenvalue weighted by molar-refractivity contribution is 0.810. The molecular weight excluding hydrogens is 336 g/mol. The van der Waals surface area contributed by atoms with E-state index in [9.17, 15) is 0 Å². The number of hydrogen-bond donors (Lipinski definition) is 1. The first-order valence-electron chi connectivity index (χ1n) is 4.68. The Morgan fingerprint density at radius 3 is 2.81 bits per heavy atom. The maximum atomic E-state index is 4.27. The molecule has 2 rings (SSSR count). The molecule has 0 amide bonds. The van der Waals surface area contributed by atoms with Crippen LogP contribution in [-0.4, -0.2) is 14.5 Å². The Balaban J connectivity index is 2.08. The summed E-state index contributed by atoms with van der Waals surface area (Å²) in [5, 5.41) is 3.22. The Hall–Kier alpha value is -0.880. The second-order valence-corrected chi connectivity index (χ2v) is 5.06. The Morgan fingerprint density at radius 1 is 1.38 bits per heavy atom. The maximum absolute atomic E-state index is 4.27. The number of aryl methyl sites for hydroxylation is 1. The first kappa shape index (κ1) is 11.6. The number of halogens is 2. The molecule has 0 aliphatic carbocycles. The third kappa shape index (κ3) is 2.62. The number of pyridine rings is 1. The van der Waals surface area contributed by atoms with Gasteiger partial charge in [0.05, 0.1) is 11.0 Å². The monoisotopic (exact) mass is 344 g/mol. The molecule has 0 aliphatic heterocycles. The number of imidazole rings is 1. The second-order valence-electron chi connectivity index (χ2n) is 3.29. The highest BCUT2D eigenvalue weighted by Gasteiger charge is 2.03. The van der Waals surface area contributed by atoms with Gasteiger partial charge < -0.3 is 9.88 Å². The molecule has 1 N–H and O–H groups in total. The van der Waals surface area contributed by atoms with Gasteiger partial charge in [0.2, 0.25) is 0 Å². The quantitative estimate of drug-likeness (QED) is 0.930. The summed E-state index contributed by atoms with van der Waals surface area (Å²) in [7, 11) is 1.97. The number of hydrogen-bond acceptors (Lipinski definition) is 3. The van der Waals surface area contributed by atoms with E-state index in [1.165, 1.54) is 0 Å². The first-order valence-corrected chi connectivity index (χ1v) is 6.26. The summed E-state index contributed by atoms with van der Waals surface area (Å²) in [5.41, 5.74) is 0. The standard InChI is InChI=1S/C10H10Br2N4/c1-16-3-2-13-9(16)6-15-10-8(12)4-7(11)5-14-10/h2-5H,6H2,1H3,(H,14,15). The normalized spacial score (nSPS) is 10.4. The maximum Gasteiger partial charge on any atom is 0.140 e. The topological polar surface area (TPSA) is 42.7 Å². The smallest absolute Gasteiger partial charge is 0.140 e. The molecule has 0 radical (unpaired) electrons. The Labute approximate surface area is 110 Å². The van der Waals surface area contributed by atoms with Crippen molar-refractivity contribution in [2.45, 2.75) is 6.54 Å². The van der Waals surface area contributed by atoms with Gasteiger partial charge >= 0.3 is 0 Å². The van der Waals surface area contributed by atoms with Crippen molar-refractivity contribution in [3.8, 4) is 0 Å². The lowest BCUT2D eigenvalue weighted by atomic mass is 10.4. The van der Waals surface area contributed by atoms with Crippen LogP contribution < -0.4 is 5.32 Å². The third-order valence-electron chi connectivity index (χ3n) is 2.14. The zero-order valence-electron chi connectivity index (χ0n) is 8.61. The zero-order valence-corrected chi connectivity index (χ0v) is 11.8. The fourth-order valence-electron chi connectivity index (χ4n) is 1.27. The van der Waals surface area contributed by atoms with Crippen molar-refractivity contribution in [1.82, 2.24) is 14.5 Å². The molecule has 0 spiro atoms. The van der Waals surface area contributed by atoms with E-state index in [2.05, 4.69) is 47.1 Å². The minimum Gasteiger partial charge on any atom is -0.362 e. The number of nitrogens with zero attached hydrogens (tertiary/aromatic N) is 3. The summed E-state index contributed by atoms with van der Waals surface area (Å²) in [4.78, 5) is 8.49. The van der Waals surface area contributed by atoms with Crippen LogP contribution in [0.15, 0.2) is 33.6 Å². The average molecular weight is 346 g/mol. The third-order valence-corrected chi connectivity index (χ3v) is 3.18. The summed E-state index contributed by atoms with van der Waals surface area (Å²) in [6, 6.07) is 1.95. The molecule has 2 aromatic rings. The minimum atomic E-state index is 0.650. The highest BCUT2D eigenvalue weighted by Crippen LogP contribution is 2.23. The molecule has 6 heteroatoms. The van der Waals surface area contributed by atoms with Crippen LogP contribution in [0.5, 0.6) is 0 Å². The van der Waals surface area contributed by atoms with Crippen LogP contribution in [-0.2, 0) is 13.6 Å². The summed E-state index contributed by atoms with van der Waals surface area (Å²) in [5.74, 6) is 1.78. The van der Waals surface area contributed by atoms with Crippen LogP contribution in [0.25, 0.3) is 0 Å². The van der Waals surface area contributed by atoms with E-state index in [-0.39, 0.29) is 0 Å². The number of anilines is 1. The van der Waals surface area contributed by atoms with Gasteiger partial charge in [-0.1, -0.05) is 0 Å². The molecule has 0 unspecified atom stereocenters. The Morgan fingerprint density at radius 2 is 2.19 bits per heavy atom. The Bertz CT molecular complexity index is 495. The van der Waals surface area contributed by atoms with Gasteiger partial charge in [-0.2, -0.15) is 0 Å². The molecule has 2 aromatic heterocycles. The number of nitrogens with one attached hydrogen (secondary N) is 1. The fraction of sp³-hybridized carbons (Fsp3) is 0.200. The van der Waals surface area contributed by atoms with Crippen molar-refractivity contribution in [2.24, 2.45) is 7.05 Å². The van der Waals surface area contributed by atoms with Crippen LogP contribution in [0.3, 0.4) is 0 Å². The molecule has 0 aliphatic rings. The lowest BCUT2D eigenvalue weighted by Gasteiger charge is -2.07. The summed E-state index contributed by atoms with van der Waals surface area (Å²) in [6.45, 7) is 0.650. The van der Waals surface area contributed by atoms with E-state index < -0.39 is 0 Å². The number of aromatic nitrogens is 3. The van der Waals surface area contributed by atoms with Crippen molar-refractivity contribution in [2.75, 3.05) is 5.32 Å². The van der Waals surface area contributed by atoms with E-state index in [1.54, 1.807) is 12.4 Å². The zero-order chi connectivity index (χ0) is 11.5. The Kier molecular flexibility index (Phi) is 3.60. The molecule has 0 bridgehead atoms. The SMILES string of the molecule is Cn1ccnc1CNc1ncc(Br)cc1Br. The molecule has 0 saturated carbocycles. The van der Waals surface area contributed by atoms with Gasteiger partial charge in [-0.3, -0.25) is 0 Å². The predicted octanol–water partition coefficient (Wildman–Crippen LogP) is 2.95. The van der Waals surface area contributed by atoms with Crippen LogP contribution >= 0.6 is 31.9 Å². The van der Waals surface area contributed by atoms with E-state index in [0.717, 1.165) is 20.6 Å². The van der Waals surface area contributed by atoms with Crippen LogP contribution in [0.2, 0.25) is 0 Å². The van der Waals surface area contributed by atoms with Crippen molar-refractivity contribution < 1.29 is 0 Å². The highest BCUT2D eigenvalue weighted by molar-refractivity contribution is 9.11. The molecule has 0 aromatic carbocycles. The molecular formula is C10H10Br2N4. The fourth-order valence-corrected chi connectivity index (χ4v) is 2.40. The summed E-state index contributed by atoms with van der Waals surface area (Å²) in [6.07, 6.45) is 5.45. The molecule has 2 heterocycles. The van der Waals surface area contributed by atoms with E-state index in [1.807, 2.05) is 23.9 Å². The predicted molar refractivity (Wildman–Crippen MR) is 70.2 cm³/mol. The van der Waals surface area contributed by atoms with Crippen LogP contribution in [0.4, 0.5) is 5.82 Å². The van der Waals surface area contributed by atoms with Crippen molar-refractivity contribution >= 4 is 37.7 Å². The average Bonchev–Trinajstić information content (AvgIpc) is 2.63. The van der Waals surface area contributed by atoms with Gasteiger partial charge in [0.1, 0.15) is 11.6 Å². The van der Waals surface area contributed by atoms with Gasteiger partial charge in [-0.15, -0.1) is 0 Å². The van der Waals surface area contributed by atoms with Crippen molar-refractivity contribution in [3.05, 3.63) is 39.4 Å². The summed E-state index contributed by atoms with van der Waals surface area (Å²) < 4.78 is 3.85. The molecule has 4 nitrogen and oxygen atoms in total. The van der Waals surface area contributed by atoms with Gasteiger partial charge in [0.15, 0.2) is 0 Å². The summed E-state index contributed by atoms with van der Waals surface area (Å²) >= 11 is 6.81. The van der Waals surface area contributed by atoms with Gasteiger partial charge in [-0.05, 0) is 37.9 Å². The molecule has 16 heavy (non-hydrogen) atoms. The largest absolute Gasteiger partial charge is 0.362 e. The van der Waals surface area contributed by atoms with E-state index in [4.69, 9.17) is 0 Å². The van der Waals surface area contributed by atoms with Crippen molar-refractivity contribution in [3.63, 3.8) is 0 Å². The van der Waals surface area contributed by atoms with Crippen LogP contribution in [0.1, 0.15) is 5.82 Å². The molecule has 0 saturated heterocycles. The van der Waals surface area contributed by atoms with E-state index in [0.29, 0.717) is 6.54 Å². The minimum absolute atomic E-state index is 0.650. The van der Waals surface area contributed by atoms with Gasteiger partial charge in [-0.25, -0.2) is 9.97 Å². The second kappa shape index (κ2) is 4.97. The lowest BCUT2D eigenvalue weighted by Crippen LogP contribution is -2.07.